The summed E-state index contributed by atoms with van der Waals surface area (Å²) in [4.78, 5) is 4.36. The van der Waals surface area contributed by atoms with Crippen LogP contribution in [0.4, 0.5) is 0 Å². The van der Waals surface area contributed by atoms with Gasteiger partial charge in [-0.25, -0.2) is 13.1 Å². The number of methoxy groups -OCH3 is 1. The standard InChI is InChI=1S/C11H26N4O3S/c1-5-12-11(15-10(2)9-18-3)13-7-6-8-14-19(4,16)17/h10,14H,5-9H2,1-4H3,(H2,12,13,15). The molecule has 1 atom stereocenters. The van der Waals surface area contributed by atoms with Gasteiger partial charge in [-0.05, 0) is 20.3 Å². The average Bonchev–Trinajstić information content (AvgIpc) is 2.27. The van der Waals surface area contributed by atoms with Crippen molar-refractivity contribution in [3.05, 3.63) is 0 Å². The van der Waals surface area contributed by atoms with Gasteiger partial charge >= 0.3 is 0 Å². The highest BCUT2D eigenvalue weighted by Gasteiger charge is 2.04. The predicted molar refractivity (Wildman–Crippen MR) is 77.9 cm³/mol. The molecule has 0 aromatic carbocycles. The Bertz CT molecular complexity index is 357. The first-order valence-electron chi connectivity index (χ1n) is 6.37. The Hall–Kier alpha value is -0.860. The summed E-state index contributed by atoms with van der Waals surface area (Å²) < 4.78 is 29.2. The second kappa shape index (κ2) is 9.99. The van der Waals surface area contributed by atoms with Crippen LogP contribution in [0.25, 0.3) is 0 Å². The number of aliphatic imine (C=N–C) groups is 1. The molecule has 0 aromatic heterocycles. The fourth-order valence-corrected chi connectivity index (χ4v) is 1.89. The number of hydrogen-bond acceptors (Lipinski definition) is 4. The van der Waals surface area contributed by atoms with Crippen LogP contribution in [0.15, 0.2) is 4.99 Å². The molecule has 0 amide bonds. The molecule has 0 heterocycles. The van der Waals surface area contributed by atoms with Crippen LogP contribution in [-0.4, -0.2) is 60.0 Å². The minimum Gasteiger partial charge on any atom is -0.383 e. The molecule has 0 saturated carbocycles. The molecule has 0 aliphatic rings. The Kier molecular flexibility index (Phi) is 9.54. The Balaban J connectivity index is 4.05. The fraction of sp³-hybridized carbons (Fsp3) is 0.909. The zero-order chi connectivity index (χ0) is 14.7. The van der Waals surface area contributed by atoms with Gasteiger partial charge in [0.05, 0.1) is 12.9 Å². The summed E-state index contributed by atoms with van der Waals surface area (Å²) in [5, 5.41) is 6.32. The Labute approximate surface area is 116 Å². The SMILES string of the molecule is CCNC(=NCCCNS(C)(=O)=O)NC(C)COC. The van der Waals surface area contributed by atoms with Gasteiger partial charge < -0.3 is 15.4 Å². The molecule has 7 nitrogen and oxygen atoms in total. The van der Waals surface area contributed by atoms with Crippen LogP contribution in [0.5, 0.6) is 0 Å². The molecular formula is C11H26N4O3S. The van der Waals surface area contributed by atoms with Gasteiger partial charge in [0.25, 0.3) is 0 Å². The summed E-state index contributed by atoms with van der Waals surface area (Å²) in [5.74, 6) is 0.714. The lowest BCUT2D eigenvalue weighted by atomic mass is 10.4. The van der Waals surface area contributed by atoms with Crippen molar-refractivity contribution in [3.8, 4) is 0 Å². The normalized spacial score (nSPS) is 14.2. The highest BCUT2D eigenvalue weighted by atomic mass is 32.2. The van der Waals surface area contributed by atoms with Crippen molar-refractivity contribution in [1.29, 1.82) is 0 Å². The fourth-order valence-electron chi connectivity index (χ4n) is 1.37. The van der Waals surface area contributed by atoms with Gasteiger partial charge in [0.15, 0.2) is 5.96 Å². The summed E-state index contributed by atoms with van der Waals surface area (Å²) in [7, 11) is -1.46. The number of rotatable bonds is 9. The summed E-state index contributed by atoms with van der Waals surface area (Å²) in [6, 6.07) is 0.164. The first-order valence-corrected chi connectivity index (χ1v) is 8.26. The molecule has 0 bridgehead atoms. The minimum absolute atomic E-state index is 0.164. The van der Waals surface area contributed by atoms with Gasteiger partial charge in [-0.2, -0.15) is 0 Å². The third-order valence-corrected chi connectivity index (χ3v) is 2.84. The van der Waals surface area contributed by atoms with Gasteiger partial charge in [0.1, 0.15) is 0 Å². The van der Waals surface area contributed by atoms with Crippen LogP contribution in [0.1, 0.15) is 20.3 Å². The summed E-state index contributed by atoms with van der Waals surface area (Å²) in [6.07, 6.45) is 1.80. The van der Waals surface area contributed by atoms with Crippen LogP contribution in [0, 0.1) is 0 Å². The molecule has 0 radical (unpaired) electrons. The number of ether oxygens (including phenoxy) is 1. The number of nitrogens with zero attached hydrogens (tertiary/aromatic N) is 1. The smallest absolute Gasteiger partial charge is 0.208 e. The molecule has 3 N–H and O–H groups in total. The Morgan fingerprint density at radius 2 is 2.11 bits per heavy atom. The number of guanidine groups is 1. The predicted octanol–water partition coefficient (Wildman–Crippen LogP) is -0.484. The van der Waals surface area contributed by atoms with Crippen LogP contribution >= 0.6 is 0 Å². The lowest BCUT2D eigenvalue weighted by Crippen LogP contribution is -2.44. The maximum Gasteiger partial charge on any atom is 0.208 e. The van der Waals surface area contributed by atoms with E-state index in [1.54, 1.807) is 7.11 Å². The largest absolute Gasteiger partial charge is 0.383 e. The Morgan fingerprint density at radius 1 is 1.42 bits per heavy atom. The third-order valence-electron chi connectivity index (χ3n) is 2.11. The molecule has 0 aliphatic heterocycles. The maximum absolute atomic E-state index is 10.9. The third kappa shape index (κ3) is 11.9. The average molecular weight is 294 g/mol. The van der Waals surface area contributed by atoms with E-state index in [1.165, 1.54) is 0 Å². The molecule has 19 heavy (non-hydrogen) atoms. The molecule has 0 rings (SSSR count). The minimum atomic E-state index is -3.11. The van der Waals surface area contributed by atoms with E-state index < -0.39 is 10.0 Å². The van der Waals surface area contributed by atoms with Gasteiger partial charge in [0.2, 0.25) is 10.0 Å². The van der Waals surface area contributed by atoms with E-state index in [0.717, 1.165) is 12.8 Å². The van der Waals surface area contributed by atoms with Crippen molar-refractivity contribution in [2.75, 3.05) is 39.6 Å². The molecule has 0 aromatic rings. The molecule has 8 heteroatoms. The second-order valence-corrected chi connectivity index (χ2v) is 6.11. The number of sulfonamides is 1. The molecule has 0 spiro atoms. The van der Waals surface area contributed by atoms with Crippen molar-refractivity contribution < 1.29 is 13.2 Å². The van der Waals surface area contributed by atoms with Gasteiger partial charge in [-0.1, -0.05) is 0 Å². The van der Waals surface area contributed by atoms with Gasteiger partial charge in [-0.3, -0.25) is 4.99 Å². The van der Waals surface area contributed by atoms with E-state index in [1.807, 2.05) is 13.8 Å². The molecular weight excluding hydrogens is 268 g/mol. The van der Waals surface area contributed by atoms with Crippen LogP contribution in [0.3, 0.4) is 0 Å². The maximum atomic E-state index is 10.9. The van der Waals surface area contributed by atoms with E-state index in [-0.39, 0.29) is 6.04 Å². The second-order valence-electron chi connectivity index (χ2n) is 4.28. The van der Waals surface area contributed by atoms with E-state index in [0.29, 0.717) is 32.1 Å². The van der Waals surface area contributed by atoms with E-state index in [9.17, 15) is 8.42 Å². The molecule has 0 saturated heterocycles. The zero-order valence-corrected chi connectivity index (χ0v) is 13.0. The molecule has 0 fully saturated rings. The Morgan fingerprint density at radius 3 is 2.63 bits per heavy atom. The molecule has 0 aliphatic carbocycles. The number of hydrogen-bond donors (Lipinski definition) is 3. The van der Waals surface area contributed by atoms with Gasteiger partial charge in [0, 0.05) is 32.8 Å². The summed E-state index contributed by atoms with van der Waals surface area (Å²) in [6.45, 7) is 6.31. The van der Waals surface area contributed by atoms with Crippen LogP contribution < -0.4 is 15.4 Å². The lowest BCUT2D eigenvalue weighted by Gasteiger charge is -2.16. The molecule has 1 unspecified atom stereocenters. The monoisotopic (exact) mass is 294 g/mol. The van der Waals surface area contributed by atoms with E-state index in [2.05, 4.69) is 20.3 Å². The first-order chi connectivity index (χ1) is 8.89. The molecule has 114 valence electrons. The van der Waals surface area contributed by atoms with Crippen LogP contribution in [-0.2, 0) is 14.8 Å². The highest BCUT2D eigenvalue weighted by molar-refractivity contribution is 7.88. The van der Waals surface area contributed by atoms with E-state index in [4.69, 9.17) is 4.74 Å². The van der Waals surface area contributed by atoms with Crippen molar-refractivity contribution in [1.82, 2.24) is 15.4 Å². The van der Waals surface area contributed by atoms with Crippen molar-refractivity contribution in [3.63, 3.8) is 0 Å². The lowest BCUT2D eigenvalue weighted by molar-refractivity contribution is 0.179. The summed E-state index contributed by atoms with van der Waals surface area (Å²) in [5.41, 5.74) is 0. The van der Waals surface area contributed by atoms with Crippen molar-refractivity contribution in [2.24, 2.45) is 4.99 Å². The topological polar surface area (TPSA) is 91.8 Å². The van der Waals surface area contributed by atoms with Crippen LogP contribution in [0.2, 0.25) is 0 Å². The van der Waals surface area contributed by atoms with Crippen molar-refractivity contribution in [2.45, 2.75) is 26.3 Å². The van der Waals surface area contributed by atoms with E-state index >= 15 is 0 Å². The zero-order valence-electron chi connectivity index (χ0n) is 12.2. The summed E-state index contributed by atoms with van der Waals surface area (Å²) >= 11 is 0. The quantitative estimate of drug-likeness (QED) is 0.303. The van der Waals surface area contributed by atoms with Gasteiger partial charge in [-0.15, -0.1) is 0 Å². The number of nitrogens with one attached hydrogen (secondary N) is 3. The first kappa shape index (κ1) is 18.1. The highest BCUT2D eigenvalue weighted by Crippen LogP contribution is 1.86. The van der Waals surface area contributed by atoms with Crippen molar-refractivity contribution >= 4 is 16.0 Å².